The molecular weight excluding hydrogens is 467 g/mol. The summed E-state index contributed by atoms with van der Waals surface area (Å²) in [5.41, 5.74) is 0.789. The molecule has 0 bridgehead atoms. The number of hydrogen-bond donors (Lipinski definition) is 2. The van der Waals surface area contributed by atoms with E-state index in [1.807, 2.05) is 18.2 Å². The van der Waals surface area contributed by atoms with E-state index in [9.17, 15) is 10.1 Å². The molecule has 0 unspecified atom stereocenters. The number of benzene rings is 1. The zero-order valence-electron chi connectivity index (χ0n) is 14.8. The van der Waals surface area contributed by atoms with Crippen molar-refractivity contribution in [2.75, 3.05) is 32.1 Å². The number of nitrogens with zero attached hydrogens (tertiary/aromatic N) is 4. The first kappa shape index (κ1) is 20.7. The number of ether oxygens (including phenoxy) is 2. The first-order chi connectivity index (χ1) is 12.7. The fourth-order valence-electron chi connectivity index (χ4n) is 2.41. The van der Waals surface area contributed by atoms with Gasteiger partial charge in [0.05, 0.1) is 24.7 Å². The van der Waals surface area contributed by atoms with Gasteiger partial charge >= 0.3 is 5.69 Å². The molecule has 0 aliphatic carbocycles. The minimum Gasteiger partial charge on any atom is -0.490 e. The molecule has 0 saturated carbocycles. The molecule has 0 atom stereocenters. The normalized spacial score (nSPS) is 13.3. The molecule has 0 spiro atoms. The molecule has 10 nitrogen and oxygen atoms in total. The van der Waals surface area contributed by atoms with Crippen molar-refractivity contribution in [1.82, 2.24) is 15.1 Å². The van der Waals surface area contributed by atoms with Crippen molar-refractivity contribution in [3.63, 3.8) is 0 Å². The quantitative estimate of drug-likeness (QED) is 0.218. The summed E-state index contributed by atoms with van der Waals surface area (Å²) in [6.07, 6.45) is 3.47. The van der Waals surface area contributed by atoms with Crippen LogP contribution in [0.25, 0.3) is 0 Å². The van der Waals surface area contributed by atoms with E-state index in [2.05, 4.69) is 20.7 Å². The van der Waals surface area contributed by atoms with Crippen molar-refractivity contribution in [3.05, 3.63) is 40.7 Å². The second-order valence-corrected chi connectivity index (χ2v) is 5.55. The molecule has 2 aromatic rings. The Morgan fingerprint density at radius 2 is 2.15 bits per heavy atom. The van der Waals surface area contributed by atoms with Crippen LogP contribution in [0.2, 0.25) is 0 Å². The summed E-state index contributed by atoms with van der Waals surface area (Å²) in [5, 5.41) is 20.9. The summed E-state index contributed by atoms with van der Waals surface area (Å²) in [4.78, 5) is 14.4. The van der Waals surface area contributed by atoms with E-state index in [-0.39, 0.29) is 29.7 Å². The average molecular weight is 488 g/mol. The van der Waals surface area contributed by atoms with E-state index >= 15 is 0 Å². The van der Waals surface area contributed by atoms with E-state index < -0.39 is 4.92 Å². The number of guanidine groups is 1. The van der Waals surface area contributed by atoms with Gasteiger partial charge in [-0.05, 0) is 12.1 Å². The van der Waals surface area contributed by atoms with Crippen LogP contribution in [0.3, 0.4) is 0 Å². The molecule has 2 heterocycles. The Morgan fingerprint density at radius 3 is 2.85 bits per heavy atom. The Kier molecular flexibility index (Phi) is 7.64. The third-order valence-electron chi connectivity index (χ3n) is 3.70. The molecule has 2 N–H and O–H groups in total. The van der Waals surface area contributed by atoms with Crippen molar-refractivity contribution < 1.29 is 14.4 Å². The Balaban J connectivity index is 0.00000261. The first-order valence-corrected chi connectivity index (χ1v) is 8.20. The zero-order chi connectivity index (χ0) is 18.4. The van der Waals surface area contributed by atoms with Crippen LogP contribution in [0.1, 0.15) is 6.42 Å². The number of fused-ring (bicyclic) bond motifs is 1. The van der Waals surface area contributed by atoms with Gasteiger partial charge in [-0.1, -0.05) is 0 Å². The fraction of sp³-hybridized carbons (Fsp3) is 0.375. The minimum absolute atomic E-state index is 0. The topological polar surface area (TPSA) is 116 Å². The van der Waals surface area contributed by atoms with Gasteiger partial charge in [0.1, 0.15) is 12.4 Å². The molecule has 146 valence electrons. The van der Waals surface area contributed by atoms with Crippen LogP contribution < -0.4 is 20.1 Å². The molecule has 3 rings (SSSR count). The molecule has 1 aliphatic rings. The highest BCUT2D eigenvalue weighted by Gasteiger charge is 2.12. The zero-order valence-corrected chi connectivity index (χ0v) is 17.1. The highest BCUT2D eigenvalue weighted by Crippen LogP contribution is 2.32. The van der Waals surface area contributed by atoms with E-state index in [0.717, 1.165) is 17.9 Å². The van der Waals surface area contributed by atoms with Gasteiger partial charge < -0.3 is 20.1 Å². The van der Waals surface area contributed by atoms with E-state index in [4.69, 9.17) is 9.47 Å². The van der Waals surface area contributed by atoms with Crippen LogP contribution in [-0.2, 0) is 6.54 Å². The Labute approximate surface area is 173 Å². The molecule has 1 aromatic heterocycles. The van der Waals surface area contributed by atoms with Gasteiger partial charge in [-0.15, -0.1) is 24.0 Å². The second kappa shape index (κ2) is 9.94. The van der Waals surface area contributed by atoms with Crippen molar-refractivity contribution in [2.45, 2.75) is 13.0 Å². The van der Waals surface area contributed by atoms with Crippen LogP contribution in [-0.4, -0.2) is 47.5 Å². The number of halogens is 1. The van der Waals surface area contributed by atoms with Crippen LogP contribution in [0, 0.1) is 10.1 Å². The predicted octanol–water partition coefficient (Wildman–Crippen LogP) is 2.26. The van der Waals surface area contributed by atoms with Crippen molar-refractivity contribution in [2.24, 2.45) is 4.99 Å². The molecule has 0 saturated heterocycles. The maximum absolute atomic E-state index is 10.7. The number of nitro groups is 1. The first-order valence-electron chi connectivity index (χ1n) is 8.20. The molecule has 0 radical (unpaired) electrons. The van der Waals surface area contributed by atoms with Crippen LogP contribution in [0.4, 0.5) is 11.4 Å². The van der Waals surface area contributed by atoms with Gasteiger partial charge in [-0.3, -0.25) is 19.8 Å². The maximum Gasteiger partial charge on any atom is 0.306 e. The SMILES string of the molecule is CN=C(NCCn1cc([N+](=O)[O-])cn1)Nc1ccc2c(c1)OCCCO2.I. The maximum atomic E-state index is 10.7. The van der Waals surface area contributed by atoms with Gasteiger partial charge in [-0.25, -0.2) is 0 Å². The average Bonchev–Trinajstić information content (AvgIpc) is 2.99. The Morgan fingerprint density at radius 1 is 1.37 bits per heavy atom. The Bertz CT molecular complexity index is 810. The number of aliphatic imine (C=N–C) groups is 1. The highest BCUT2D eigenvalue weighted by atomic mass is 127. The summed E-state index contributed by atoms with van der Waals surface area (Å²) < 4.78 is 12.8. The lowest BCUT2D eigenvalue weighted by Crippen LogP contribution is -2.33. The lowest BCUT2D eigenvalue weighted by Gasteiger charge is -2.14. The number of anilines is 1. The predicted molar refractivity (Wildman–Crippen MR) is 111 cm³/mol. The number of hydrogen-bond acceptors (Lipinski definition) is 6. The number of aromatic nitrogens is 2. The molecule has 1 aromatic carbocycles. The Hall–Kier alpha value is -2.57. The largest absolute Gasteiger partial charge is 0.490 e. The van der Waals surface area contributed by atoms with E-state index in [1.54, 1.807) is 7.05 Å². The van der Waals surface area contributed by atoms with Gasteiger partial charge in [0.15, 0.2) is 17.5 Å². The summed E-state index contributed by atoms with van der Waals surface area (Å²) in [6.45, 7) is 2.24. The lowest BCUT2D eigenvalue weighted by molar-refractivity contribution is -0.385. The second-order valence-electron chi connectivity index (χ2n) is 5.55. The third kappa shape index (κ3) is 5.70. The summed E-state index contributed by atoms with van der Waals surface area (Å²) >= 11 is 0. The van der Waals surface area contributed by atoms with Gasteiger partial charge in [0.25, 0.3) is 0 Å². The summed E-state index contributed by atoms with van der Waals surface area (Å²) in [7, 11) is 1.66. The summed E-state index contributed by atoms with van der Waals surface area (Å²) in [5.74, 6) is 2.00. The van der Waals surface area contributed by atoms with Crippen LogP contribution in [0.15, 0.2) is 35.6 Å². The molecule has 0 amide bonds. The van der Waals surface area contributed by atoms with Gasteiger partial charge in [-0.2, -0.15) is 5.10 Å². The van der Waals surface area contributed by atoms with Gasteiger partial charge in [0, 0.05) is 31.8 Å². The van der Waals surface area contributed by atoms with E-state index in [0.29, 0.717) is 38.0 Å². The monoisotopic (exact) mass is 488 g/mol. The van der Waals surface area contributed by atoms with Crippen molar-refractivity contribution in [1.29, 1.82) is 0 Å². The molecular formula is C16H21IN6O4. The minimum atomic E-state index is -0.471. The number of nitrogens with one attached hydrogen (secondary N) is 2. The number of rotatable bonds is 5. The molecule has 1 aliphatic heterocycles. The third-order valence-corrected chi connectivity index (χ3v) is 3.70. The van der Waals surface area contributed by atoms with Gasteiger partial charge in [0.2, 0.25) is 0 Å². The van der Waals surface area contributed by atoms with Crippen LogP contribution in [0.5, 0.6) is 11.5 Å². The summed E-state index contributed by atoms with van der Waals surface area (Å²) in [6, 6.07) is 5.61. The molecule has 11 heteroatoms. The molecule has 0 fully saturated rings. The molecule has 27 heavy (non-hydrogen) atoms. The van der Waals surface area contributed by atoms with E-state index in [1.165, 1.54) is 17.1 Å². The standard InChI is InChI=1S/C16H20N6O4.HI/c1-17-16(18-5-6-21-11-13(10-19-21)22(23)24)20-12-3-4-14-15(9-12)26-8-2-7-25-14;/h3-4,9-11H,2,5-8H2,1H3,(H2,17,18,20);1H. The van der Waals surface area contributed by atoms with Crippen molar-refractivity contribution >= 4 is 41.3 Å². The smallest absolute Gasteiger partial charge is 0.306 e. The lowest BCUT2D eigenvalue weighted by atomic mass is 10.3. The highest BCUT2D eigenvalue weighted by molar-refractivity contribution is 14.0. The van der Waals surface area contributed by atoms with Crippen LogP contribution >= 0.6 is 24.0 Å². The van der Waals surface area contributed by atoms with Crippen molar-refractivity contribution in [3.8, 4) is 11.5 Å². The fourth-order valence-corrected chi connectivity index (χ4v) is 2.41.